The molecule has 3 aromatic rings. The summed E-state index contributed by atoms with van der Waals surface area (Å²) in [5, 5.41) is 12.4. The number of anilines is 1. The topological polar surface area (TPSA) is 55.6 Å². The summed E-state index contributed by atoms with van der Waals surface area (Å²) in [6, 6.07) is 10.1. The lowest BCUT2D eigenvalue weighted by atomic mass is 10.1. The summed E-state index contributed by atoms with van der Waals surface area (Å²) < 4.78 is 1.93. The molecule has 5 nitrogen and oxygen atoms in total. The van der Waals surface area contributed by atoms with Gasteiger partial charge in [-0.1, -0.05) is 6.07 Å². The van der Waals surface area contributed by atoms with Gasteiger partial charge >= 0.3 is 0 Å². The van der Waals surface area contributed by atoms with E-state index in [-0.39, 0.29) is 0 Å². The minimum absolute atomic E-state index is 0.747. The van der Waals surface area contributed by atoms with Crippen LogP contribution in [-0.4, -0.2) is 26.8 Å². The molecule has 1 N–H and O–H groups in total. The molecule has 0 radical (unpaired) electrons. The number of hydrogen-bond donors (Lipinski definition) is 1. The maximum Gasteiger partial charge on any atom is 0.224 e. The largest absolute Gasteiger partial charge is 0.357 e. The molecule has 1 aromatic carbocycles. The third kappa shape index (κ3) is 1.60. The SMILES string of the molecule is CNc1nnc(-c2ccc3ncccc3c2)n1C. The van der Waals surface area contributed by atoms with E-state index in [1.807, 2.05) is 42.9 Å². The molecule has 0 saturated heterocycles. The van der Waals surface area contributed by atoms with Crippen molar-refractivity contribution in [3.63, 3.8) is 0 Å². The molecule has 0 bridgehead atoms. The number of aromatic nitrogens is 4. The summed E-state index contributed by atoms with van der Waals surface area (Å²) >= 11 is 0. The van der Waals surface area contributed by atoms with Gasteiger partial charge in [-0.15, -0.1) is 10.2 Å². The van der Waals surface area contributed by atoms with Crippen molar-refractivity contribution in [1.82, 2.24) is 19.7 Å². The maximum absolute atomic E-state index is 4.30. The molecule has 3 rings (SSSR count). The van der Waals surface area contributed by atoms with E-state index in [2.05, 4.69) is 26.6 Å². The van der Waals surface area contributed by atoms with Gasteiger partial charge in [0.1, 0.15) is 0 Å². The zero-order valence-corrected chi connectivity index (χ0v) is 10.3. The lowest BCUT2D eigenvalue weighted by Crippen LogP contribution is -1.99. The molecular formula is C13H13N5. The first kappa shape index (κ1) is 10.7. The Morgan fingerprint density at radius 2 is 2.06 bits per heavy atom. The Morgan fingerprint density at radius 1 is 1.17 bits per heavy atom. The van der Waals surface area contributed by atoms with E-state index < -0.39 is 0 Å². The Bertz CT molecular complexity index is 701. The van der Waals surface area contributed by atoms with Gasteiger partial charge in [0, 0.05) is 31.2 Å². The molecule has 0 aliphatic rings. The standard InChI is InChI=1S/C13H13N5/c1-14-13-17-16-12(18(13)2)10-5-6-11-9(8-10)4-3-7-15-11/h3-8H,1-2H3,(H,14,17). The quantitative estimate of drug-likeness (QED) is 0.743. The second-order valence-corrected chi connectivity index (χ2v) is 4.07. The Labute approximate surface area is 104 Å². The second kappa shape index (κ2) is 4.10. The zero-order valence-electron chi connectivity index (χ0n) is 10.3. The van der Waals surface area contributed by atoms with Crippen LogP contribution in [0.15, 0.2) is 36.5 Å². The third-order valence-corrected chi connectivity index (χ3v) is 2.96. The normalized spacial score (nSPS) is 10.8. The Balaban J connectivity index is 2.16. The van der Waals surface area contributed by atoms with Crippen LogP contribution >= 0.6 is 0 Å². The van der Waals surface area contributed by atoms with Crippen molar-refractivity contribution in [3.05, 3.63) is 36.5 Å². The van der Waals surface area contributed by atoms with Crippen molar-refractivity contribution in [2.45, 2.75) is 0 Å². The van der Waals surface area contributed by atoms with Crippen molar-refractivity contribution in [3.8, 4) is 11.4 Å². The van der Waals surface area contributed by atoms with E-state index >= 15 is 0 Å². The molecule has 0 spiro atoms. The van der Waals surface area contributed by atoms with E-state index in [0.29, 0.717) is 0 Å². The number of rotatable bonds is 2. The first-order valence-electron chi connectivity index (χ1n) is 5.72. The molecule has 0 atom stereocenters. The minimum atomic E-state index is 0.747. The fraction of sp³-hybridized carbons (Fsp3) is 0.154. The molecule has 5 heteroatoms. The fourth-order valence-corrected chi connectivity index (χ4v) is 2.01. The summed E-state index contributed by atoms with van der Waals surface area (Å²) in [5.74, 6) is 1.58. The average Bonchev–Trinajstić information content (AvgIpc) is 2.79. The molecule has 0 aliphatic heterocycles. The van der Waals surface area contributed by atoms with Crippen LogP contribution in [0.5, 0.6) is 0 Å². The highest BCUT2D eigenvalue weighted by Gasteiger charge is 2.09. The average molecular weight is 239 g/mol. The van der Waals surface area contributed by atoms with Gasteiger partial charge in [-0.3, -0.25) is 9.55 Å². The molecule has 0 fully saturated rings. The second-order valence-electron chi connectivity index (χ2n) is 4.07. The lowest BCUT2D eigenvalue weighted by molar-refractivity contribution is 0.925. The van der Waals surface area contributed by atoms with Crippen molar-refractivity contribution >= 4 is 16.9 Å². The van der Waals surface area contributed by atoms with Crippen LogP contribution in [0.1, 0.15) is 0 Å². The van der Waals surface area contributed by atoms with Gasteiger partial charge in [0.15, 0.2) is 5.82 Å². The molecular weight excluding hydrogens is 226 g/mol. The van der Waals surface area contributed by atoms with Crippen molar-refractivity contribution in [2.75, 3.05) is 12.4 Å². The van der Waals surface area contributed by atoms with Gasteiger partial charge in [0.2, 0.25) is 5.95 Å². The summed E-state index contributed by atoms with van der Waals surface area (Å²) in [4.78, 5) is 4.30. The van der Waals surface area contributed by atoms with Crippen LogP contribution in [-0.2, 0) is 7.05 Å². The maximum atomic E-state index is 4.30. The Kier molecular flexibility index (Phi) is 2.44. The predicted molar refractivity (Wildman–Crippen MR) is 71.3 cm³/mol. The predicted octanol–water partition coefficient (Wildman–Crippen LogP) is 2.07. The highest BCUT2D eigenvalue weighted by Crippen LogP contribution is 2.22. The van der Waals surface area contributed by atoms with E-state index in [4.69, 9.17) is 0 Å². The minimum Gasteiger partial charge on any atom is -0.357 e. The van der Waals surface area contributed by atoms with Crippen LogP contribution in [0.4, 0.5) is 5.95 Å². The fourth-order valence-electron chi connectivity index (χ4n) is 2.01. The van der Waals surface area contributed by atoms with Gasteiger partial charge in [-0.2, -0.15) is 0 Å². The number of benzene rings is 1. The van der Waals surface area contributed by atoms with Gasteiger partial charge in [0.05, 0.1) is 5.52 Å². The number of hydrogen-bond acceptors (Lipinski definition) is 4. The van der Waals surface area contributed by atoms with E-state index in [1.165, 1.54) is 0 Å². The number of nitrogens with one attached hydrogen (secondary N) is 1. The Hall–Kier alpha value is -2.43. The van der Waals surface area contributed by atoms with Crippen molar-refractivity contribution < 1.29 is 0 Å². The molecule has 2 aromatic heterocycles. The van der Waals surface area contributed by atoms with Gasteiger partial charge in [-0.05, 0) is 24.3 Å². The molecule has 90 valence electrons. The third-order valence-electron chi connectivity index (χ3n) is 2.96. The lowest BCUT2D eigenvalue weighted by Gasteiger charge is -2.04. The Morgan fingerprint density at radius 3 is 2.83 bits per heavy atom. The van der Waals surface area contributed by atoms with Crippen LogP contribution in [0.2, 0.25) is 0 Å². The zero-order chi connectivity index (χ0) is 12.5. The first-order chi connectivity index (χ1) is 8.79. The molecule has 2 heterocycles. The molecule has 0 aliphatic carbocycles. The molecule has 0 amide bonds. The van der Waals surface area contributed by atoms with Crippen LogP contribution in [0.3, 0.4) is 0 Å². The molecule has 0 unspecified atom stereocenters. The van der Waals surface area contributed by atoms with Crippen LogP contribution in [0.25, 0.3) is 22.3 Å². The van der Waals surface area contributed by atoms with Gasteiger partial charge in [-0.25, -0.2) is 0 Å². The number of pyridine rings is 1. The van der Waals surface area contributed by atoms with E-state index in [0.717, 1.165) is 28.2 Å². The van der Waals surface area contributed by atoms with Crippen LogP contribution < -0.4 is 5.32 Å². The first-order valence-corrected chi connectivity index (χ1v) is 5.72. The molecule has 0 saturated carbocycles. The summed E-state index contributed by atoms with van der Waals surface area (Å²) in [7, 11) is 3.77. The highest BCUT2D eigenvalue weighted by atomic mass is 15.3. The summed E-state index contributed by atoms with van der Waals surface area (Å²) in [6.07, 6.45) is 1.80. The van der Waals surface area contributed by atoms with Crippen molar-refractivity contribution in [2.24, 2.45) is 7.05 Å². The molecule has 18 heavy (non-hydrogen) atoms. The smallest absolute Gasteiger partial charge is 0.224 e. The van der Waals surface area contributed by atoms with E-state index in [1.54, 1.807) is 6.20 Å². The number of nitrogens with zero attached hydrogens (tertiary/aromatic N) is 4. The number of fused-ring (bicyclic) bond motifs is 1. The monoisotopic (exact) mass is 239 g/mol. The summed E-state index contributed by atoms with van der Waals surface area (Å²) in [5.41, 5.74) is 2.02. The van der Waals surface area contributed by atoms with Gasteiger partial charge < -0.3 is 5.32 Å². The highest BCUT2D eigenvalue weighted by molar-refractivity contribution is 5.83. The van der Waals surface area contributed by atoms with Crippen LogP contribution in [0, 0.1) is 0 Å². The van der Waals surface area contributed by atoms with Gasteiger partial charge in [0.25, 0.3) is 0 Å². The van der Waals surface area contributed by atoms with Crippen molar-refractivity contribution in [1.29, 1.82) is 0 Å². The van der Waals surface area contributed by atoms with E-state index in [9.17, 15) is 0 Å². The summed E-state index contributed by atoms with van der Waals surface area (Å²) in [6.45, 7) is 0.